The van der Waals surface area contributed by atoms with Gasteiger partial charge in [0.2, 0.25) is 5.91 Å². The van der Waals surface area contributed by atoms with E-state index in [1.54, 1.807) is 0 Å². The Kier molecular flexibility index (Phi) is 9.97. The number of fused-ring (bicyclic) bond motifs is 8. The van der Waals surface area contributed by atoms with Crippen LogP contribution in [0.4, 0.5) is 0 Å². The molecule has 7 fully saturated rings. The first-order valence-corrected chi connectivity index (χ1v) is 22.4. The molecule has 5 heterocycles. The number of carbonyl (C=O) groups excluding carboxylic acids is 3. The van der Waals surface area contributed by atoms with Gasteiger partial charge in [-0.05, 0) is 83.0 Å². The molecule has 11 heteroatoms. The van der Waals surface area contributed by atoms with Crippen LogP contribution in [0.15, 0.2) is 23.3 Å². The van der Waals surface area contributed by atoms with Crippen molar-refractivity contribution in [2.24, 2.45) is 41.2 Å². The third kappa shape index (κ3) is 6.15. The molecule has 0 aromatic heterocycles. The molecular weight excluding hydrogens is 683 g/mol. The van der Waals surface area contributed by atoms with E-state index in [9.17, 15) is 14.4 Å². The summed E-state index contributed by atoms with van der Waals surface area (Å²) in [6.07, 6.45) is 15.6. The third-order valence-corrected chi connectivity index (χ3v) is 18.2. The quantitative estimate of drug-likeness (QED) is 0.172. The van der Waals surface area contributed by atoms with Gasteiger partial charge in [-0.3, -0.25) is 15.3 Å². The lowest BCUT2D eigenvalue weighted by Crippen LogP contribution is -2.96. The SMILES string of the molecule is CC=C(C)C(=O)O[C@]1(C)CC=C2CSSC3(CCCC3)[C@H]3[C@@H](CC)CN3C(=O)CC3C[NH2+]C(N)CC3[C@H]2[C@]12CC1CC3CCC(=O)OC3CC1O2. The predicted octanol–water partition coefficient (Wildman–Crippen LogP) is 5.28. The van der Waals surface area contributed by atoms with E-state index in [-0.39, 0.29) is 58.7 Å². The van der Waals surface area contributed by atoms with Gasteiger partial charge < -0.3 is 24.4 Å². The van der Waals surface area contributed by atoms with Crippen LogP contribution in [-0.4, -0.2) is 82.0 Å². The number of allylic oxidation sites excluding steroid dienone is 1. The molecule has 0 radical (unpaired) electrons. The first-order chi connectivity index (χ1) is 24.5. The van der Waals surface area contributed by atoms with Crippen molar-refractivity contribution in [3.63, 3.8) is 0 Å². The van der Waals surface area contributed by atoms with E-state index in [4.69, 9.17) is 19.9 Å². The van der Waals surface area contributed by atoms with Crippen molar-refractivity contribution in [1.82, 2.24) is 4.90 Å². The fraction of sp³-hybridized carbons (Fsp3) is 0.825. The number of carbonyl (C=O) groups is 3. The largest absolute Gasteiger partial charge is 0.462 e. The summed E-state index contributed by atoms with van der Waals surface area (Å²) in [7, 11) is 4.06. The van der Waals surface area contributed by atoms with Crippen molar-refractivity contribution in [3.05, 3.63) is 23.3 Å². The van der Waals surface area contributed by atoms with E-state index in [1.165, 1.54) is 31.3 Å². The highest BCUT2D eigenvalue weighted by molar-refractivity contribution is 8.77. The van der Waals surface area contributed by atoms with Crippen LogP contribution in [0.25, 0.3) is 0 Å². The second-order valence-corrected chi connectivity index (χ2v) is 20.3. The molecule has 2 saturated carbocycles. The molecule has 8 rings (SSSR count). The highest BCUT2D eigenvalue weighted by Crippen LogP contribution is 2.63. The summed E-state index contributed by atoms with van der Waals surface area (Å²) >= 11 is 0. The van der Waals surface area contributed by atoms with Crippen LogP contribution in [0, 0.1) is 35.5 Å². The Balaban J connectivity index is 1.22. The molecule has 7 unspecified atom stereocenters. The van der Waals surface area contributed by atoms with Crippen LogP contribution in [-0.2, 0) is 28.6 Å². The summed E-state index contributed by atoms with van der Waals surface area (Å²) in [6.45, 7) is 9.80. The summed E-state index contributed by atoms with van der Waals surface area (Å²) in [5.74, 6) is 2.17. The van der Waals surface area contributed by atoms with Gasteiger partial charge in [-0.2, -0.15) is 0 Å². The molecular formula is C40H60N3O6S2+. The first-order valence-electron chi connectivity index (χ1n) is 20.1. The molecule has 0 aromatic carbocycles. The van der Waals surface area contributed by atoms with Gasteiger partial charge >= 0.3 is 11.9 Å². The maximum Gasteiger partial charge on any atom is 0.334 e. The van der Waals surface area contributed by atoms with Crippen LogP contribution in [0.5, 0.6) is 0 Å². The zero-order valence-electron chi connectivity index (χ0n) is 31.1. The molecule has 0 bridgehead atoms. The Morgan fingerprint density at radius 3 is 2.73 bits per heavy atom. The van der Waals surface area contributed by atoms with Crippen LogP contribution >= 0.6 is 21.6 Å². The van der Waals surface area contributed by atoms with E-state index in [1.807, 2.05) is 30.7 Å². The maximum atomic E-state index is 14.6. The summed E-state index contributed by atoms with van der Waals surface area (Å²) in [5.41, 5.74) is 7.10. The highest BCUT2D eigenvalue weighted by atomic mass is 33.1. The van der Waals surface area contributed by atoms with Crippen LogP contribution in [0.1, 0.15) is 111 Å². The van der Waals surface area contributed by atoms with Gasteiger partial charge in [-0.15, -0.1) is 0 Å². The number of amides is 1. The third-order valence-electron chi connectivity index (χ3n) is 14.9. The monoisotopic (exact) mass is 742 g/mol. The summed E-state index contributed by atoms with van der Waals surface area (Å²) in [5, 5.41) is 2.24. The van der Waals surface area contributed by atoms with E-state index < -0.39 is 11.2 Å². The molecule has 1 amide bonds. The zero-order valence-corrected chi connectivity index (χ0v) is 32.7. The van der Waals surface area contributed by atoms with Gasteiger partial charge in [0.05, 0.1) is 18.7 Å². The van der Waals surface area contributed by atoms with E-state index >= 15 is 0 Å². The Bertz CT molecular complexity index is 1460. The lowest BCUT2D eigenvalue weighted by molar-refractivity contribution is -0.706. The molecule has 2 spiro atoms. The van der Waals surface area contributed by atoms with Crippen LogP contribution in [0.3, 0.4) is 0 Å². The van der Waals surface area contributed by atoms with Crippen molar-refractivity contribution in [1.29, 1.82) is 0 Å². The summed E-state index contributed by atoms with van der Waals surface area (Å²) < 4.78 is 20.3. The minimum Gasteiger partial charge on any atom is -0.462 e. The first kappa shape index (κ1) is 36.4. The van der Waals surface area contributed by atoms with Gasteiger partial charge in [-0.1, -0.05) is 59.1 Å². The molecule has 3 aliphatic carbocycles. The summed E-state index contributed by atoms with van der Waals surface area (Å²) in [6, 6.07) is 0.321. The number of quaternary nitrogens is 1. The molecule has 4 N–H and O–H groups in total. The number of nitrogens with zero attached hydrogens (tertiary/aromatic N) is 1. The fourth-order valence-electron chi connectivity index (χ4n) is 12.1. The molecule has 9 nitrogen and oxygen atoms in total. The Morgan fingerprint density at radius 1 is 1.16 bits per heavy atom. The smallest absolute Gasteiger partial charge is 0.334 e. The number of ether oxygens (including phenoxy) is 3. The number of esters is 2. The minimum atomic E-state index is -0.917. The van der Waals surface area contributed by atoms with Gasteiger partial charge in [0.15, 0.2) is 0 Å². The van der Waals surface area contributed by atoms with Gasteiger partial charge in [0.1, 0.15) is 23.5 Å². The number of hydrogen-bond donors (Lipinski definition) is 2. The van der Waals surface area contributed by atoms with Crippen LogP contribution in [0.2, 0.25) is 0 Å². The molecule has 8 aliphatic rings. The molecule has 12 atom stereocenters. The predicted molar refractivity (Wildman–Crippen MR) is 199 cm³/mol. The number of rotatable bonds is 3. The average molecular weight is 743 g/mol. The average Bonchev–Trinajstić information content (AvgIpc) is 3.71. The maximum absolute atomic E-state index is 14.6. The zero-order chi connectivity index (χ0) is 35.7. The van der Waals surface area contributed by atoms with Gasteiger partial charge in [0.25, 0.3) is 0 Å². The Hall–Kier alpha value is -1.53. The van der Waals surface area contributed by atoms with Crippen molar-refractivity contribution in [2.75, 3.05) is 18.8 Å². The van der Waals surface area contributed by atoms with Crippen molar-refractivity contribution < 1.29 is 33.9 Å². The topological polar surface area (TPSA) is 125 Å². The standard InChI is InChI=1S/C40H59N3O6S2/c1-5-23(3)37(46)49-38(4)14-11-26-22-50-51-39(12-7-8-13-39)36-24(6-2)21-43(36)33(44)16-28-20-42-32(41)17-29(28)35(26)40(38)19-27-15-25-9-10-34(45)47-30(25)18-31(27)48-40/h5,11,24-25,27-32,35-36,42H,6-10,12-22,41H2,1-4H3/p+1/t24-,25?,27?,28?,29?,30?,31?,32?,35-,36+,38+,40+/m0/s1. The molecule has 0 aromatic rings. The fourth-order valence-corrected chi connectivity index (χ4v) is 15.8. The van der Waals surface area contributed by atoms with Crippen molar-refractivity contribution in [3.8, 4) is 0 Å². The second kappa shape index (κ2) is 14.0. The van der Waals surface area contributed by atoms with E-state index in [2.05, 4.69) is 40.9 Å². The lowest BCUT2D eigenvalue weighted by atomic mass is 9.56. The van der Waals surface area contributed by atoms with E-state index in [0.717, 1.165) is 50.9 Å². The second-order valence-electron chi connectivity index (χ2n) is 17.6. The van der Waals surface area contributed by atoms with Crippen LogP contribution < -0.4 is 11.1 Å². The molecule has 51 heavy (non-hydrogen) atoms. The number of hydrogen-bond acceptors (Lipinski definition) is 9. The Morgan fingerprint density at radius 2 is 1.96 bits per heavy atom. The minimum absolute atomic E-state index is 0.0506. The van der Waals surface area contributed by atoms with E-state index in [0.29, 0.717) is 55.0 Å². The van der Waals surface area contributed by atoms with Gasteiger partial charge in [-0.25, -0.2) is 4.79 Å². The lowest BCUT2D eigenvalue weighted by Gasteiger charge is -2.58. The Labute approximate surface area is 312 Å². The normalized spacial score (nSPS) is 45.2. The highest BCUT2D eigenvalue weighted by Gasteiger charge is 2.68. The molecule has 5 aliphatic heterocycles. The molecule has 5 saturated heterocycles. The molecule has 282 valence electrons. The van der Waals surface area contributed by atoms with Crippen molar-refractivity contribution in [2.45, 2.75) is 152 Å². The van der Waals surface area contributed by atoms with Crippen molar-refractivity contribution >= 4 is 39.4 Å². The number of piperidine rings is 1. The summed E-state index contributed by atoms with van der Waals surface area (Å²) in [4.78, 5) is 43.0. The number of nitrogens with two attached hydrogens (primary N) is 2. The van der Waals surface area contributed by atoms with Gasteiger partial charge in [0, 0.05) is 66.6 Å².